The van der Waals surface area contributed by atoms with E-state index in [0.717, 1.165) is 36.2 Å². The second-order valence-electron chi connectivity index (χ2n) is 6.42. The number of aryl methyl sites for hydroxylation is 3. The first-order valence-electron chi connectivity index (χ1n) is 8.12. The molecule has 1 aliphatic carbocycles. The highest BCUT2D eigenvalue weighted by molar-refractivity contribution is 7.89. The summed E-state index contributed by atoms with van der Waals surface area (Å²) in [7, 11) is -1.48. The van der Waals surface area contributed by atoms with Gasteiger partial charge in [-0.05, 0) is 74.4 Å². The van der Waals surface area contributed by atoms with Crippen molar-refractivity contribution in [3.63, 3.8) is 0 Å². The number of fused-ring (bicyclic) bond motifs is 1. The van der Waals surface area contributed by atoms with Crippen LogP contribution in [0.3, 0.4) is 0 Å². The first kappa shape index (κ1) is 16.3. The summed E-state index contributed by atoms with van der Waals surface area (Å²) >= 11 is 0. The van der Waals surface area contributed by atoms with E-state index in [4.69, 9.17) is 0 Å². The molecule has 2 aromatic rings. The average molecular weight is 332 g/mol. The normalized spacial score (nSPS) is 14.7. The molecule has 0 atom stereocenters. The van der Waals surface area contributed by atoms with Gasteiger partial charge in [-0.2, -0.15) is 0 Å². The van der Waals surface area contributed by atoms with Gasteiger partial charge in [-0.15, -0.1) is 0 Å². The molecule has 0 radical (unpaired) electrons. The summed E-state index contributed by atoms with van der Waals surface area (Å²) in [5.41, 5.74) is 5.73. The maximum Gasteiger partial charge on any atom is 0.240 e. The SMILES string of the molecule is Cc1cc(CNS(=O)(=O)c2ccc3c(c2)CCCC3)c(C)n1C. The first-order valence-corrected chi connectivity index (χ1v) is 9.60. The van der Waals surface area contributed by atoms with Gasteiger partial charge in [-0.3, -0.25) is 0 Å². The highest BCUT2D eigenvalue weighted by atomic mass is 32.2. The van der Waals surface area contributed by atoms with Crippen LogP contribution in [0.15, 0.2) is 29.2 Å². The minimum absolute atomic E-state index is 0.326. The Bertz CT molecular complexity index is 835. The van der Waals surface area contributed by atoms with Crippen molar-refractivity contribution < 1.29 is 8.42 Å². The number of rotatable bonds is 4. The van der Waals surface area contributed by atoms with Gasteiger partial charge in [-0.25, -0.2) is 13.1 Å². The van der Waals surface area contributed by atoms with Crippen molar-refractivity contribution in [2.75, 3.05) is 0 Å². The van der Waals surface area contributed by atoms with Crippen molar-refractivity contribution >= 4 is 10.0 Å². The third kappa shape index (κ3) is 3.21. The van der Waals surface area contributed by atoms with E-state index in [-0.39, 0.29) is 0 Å². The maximum atomic E-state index is 12.6. The zero-order valence-corrected chi connectivity index (χ0v) is 14.8. The lowest BCUT2D eigenvalue weighted by Gasteiger charge is -2.16. The number of nitrogens with one attached hydrogen (secondary N) is 1. The Balaban J connectivity index is 1.80. The van der Waals surface area contributed by atoms with Gasteiger partial charge in [0.1, 0.15) is 0 Å². The molecule has 0 bridgehead atoms. The van der Waals surface area contributed by atoms with Gasteiger partial charge < -0.3 is 4.57 Å². The minimum atomic E-state index is -3.47. The smallest absolute Gasteiger partial charge is 0.240 e. The van der Waals surface area contributed by atoms with Gasteiger partial charge in [0.25, 0.3) is 0 Å². The molecule has 0 fully saturated rings. The summed E-state index contributed by atoms with van der Waals surface area (Å²) in [6, 6.07) is 7.58. The van der Waals surface area contributed by atoms with E-state index in [1.54, 1.807) is 6.07 Å². The molecular weight excluding hydrogens is 308 g/mol. The fraction of sp³-hybridized carbons (Fsp3) is 0.444. The van der Waals surface area contributed by atoms with Crippen LogP contribution < -0.4 is 4.72 Å². The van der Waals surface area contributed by atoms with Crippen LogP contribution in [-0.2, 0) is 36.5 Å². The monoisotopic (exact) mass is 332 g/mol. The van der Waals surface area contributed by atoms with Crippen LogP contribution in [0.5, 0.6) is 0 Å². The lowest BCUT2D eigenvalue weighted by molar-refractivity contribution is 0.580. The molecule has 1 N–H and O–H groups in total. The molecule has 5 heteroatoms. The molecule has 0 amide bonds. The van der Waals surface area contributed by atoms with Crippen LogP contribution in [0, 0.1) is 13.8 Å². The van der Waals surface area contributed by atoms with Crippen molar-refractivity contribution in [3.8, 4) is 0 Å². The van der Waals surface area contributed by atoms with Gasteiger partial charge in [0.05, 0.1) is 4.90 Å². The third-order valence-electron chi connectivity index (χ3n) is 4.96. The third-order valence-corrected chi connectivity index (χ3v) is 6.36. The Hall–Kier alpha value is -1.59. The molecule has 0 saturated heterocycles. The number of sulfonamides is 1. The Morgan fingerprint density at radius 3 is 2.43 bits per heavy atom. The molecule has 124 valence electrons. The number of nitrogens with zero attached hydrogens (tertiary/aromatic N) is 1. The van der Waals surface area contributed by atoms with Crippen molar-refractivity contribution in [1.82, 2.24) is 9.29 Å². The van der Waals surface area contributed by atoms with E-state index < -0.39 is 10.0 Å². The molecule has 1 aromatic carbocycles. The predicted molar refractivity (Wildman–Crippen MR) is 92.0 cm³/mol. The summed E-state index contributed by atoms with van der Waals surface area (Å²) in [6.45, 7) is 4.36. The lowest BCUT2D eigenvalue weighted by atomic mass is 9.92. The van der Waals surface area contributed by atoms with Crippen LogP contribution in [0.4, 0.5) is 0 Å². The van der Waals surface area contributed by atoms with Gasteiger partial charge in [0, 0.05) is 25.0 Å². The van der Waals surface area contributed by atoms with E-state index >= 15 is 0 Å². The molecule has 3 rings (SSSR count). The summed E-state index contributed by atoms with van der Waals surface area (Å²) in [5.74, 6) is 0. The van der Waals surface area contributed by atoms with E-state index in [0.29, 0.717) is 11.4 Å². The number of aromatic nitrogens is 1. The summed E-state index contributed by atoms with van der Waals surface area (Å²) < 4.78 is 30.0. The fourth-order valence-electron chi connectivity index (χ4n) is 3.25. The molecule has 1 aromatic heterocycles. The molecule has 1 heterocycles. The molecule has 23 heavy (non-hydrogen) atoms. The van der Waals surface area contributed by atoms with Crippen LogP contribution in [0.25, 0.3) is 0 Å². The molecule has 0 saturated carbocycles. The highest BCUT2D eigenvalue weighted by Gasteiger charge is 2.18. The predicted octanol–water partition coefficient (Wildman–Crippen LogP) is 3.00. The van der Waals surface area contributed by atoms with Crippen molar-refractivity contribution in [1.29, 1.82) is 0 Å². The number of hydrogen-bond donors (Lipinski definition) is 1. The van der Waals surface area contributed by atoms with E-state index in [1.165, 1.54) is 17.5 Å². The molecule has 0 aliphatic heterocycles. The number of hydrogen-bond acceptors (Lipinski definition) is 2. The van der Waals surface area contributed by atoms with Crippen molar-refractivity contribution in [2.45, 2.75) is 51.0 Å². The summed E-state index contributed by atoms with van der Waals surface area (Å²) in [6.07, 6.45) is 4.39. The van der Waals surface area contributed by atoms with Crippen LogP contribution in [0.1, 0.15) is 40.9 Å². The lowest BCUT2D eigenvalue weighted by Crippen LogP contribution is -2.24. The Morgan fingerprint density at radius 2 is 1.78 bits per heavy atom. The molecule has 4 nitrogen and oxygen atoms in total. The van der Waals surface area contributed by atoms with Crippen LogP contribution in [0.2, 0.25) is 0 Å². The maximum absolute atomic E-state index is 12.6. The van der Waals surface area contributed by atoms with E-state index in [1.807, 2.05) is 39.1 Å². The van der Waals surface area contributed by atoms with Gasteiger partial charge >= 0.3 is 0 Å². The van der Waals surface area contributed by atoms with Gasteiger partial charge in [-0.1, -0.05) is 6.07 Å². The molecule has 0 spiro atoms. The minimum Gasteiger partial charge on any atom is -0.352 e. The quantitative estimate of drug-likeness (QED) is 0.936. The zero-order chi connectivity index (χ0) is 16.6. The summed E-state index contributed by atoms with van der Waals surface area (Å²) in [4.78, 5) is 0.378. The largest absolute Gasteiger partial charge is 0.352 e. The molecular formula is C18H24N2O2S. The number of benzene rings is 1. The molecule has 0 unspecified atom stereocenters. The van der Waals surface area contributed by atoms with Crippen molar-refractivity contribution in [2.24, 2.45) is 7.05 Å². The van der Waals surface area contributed by atoms with Crippen LogP contribution in [-0.4, -0.2) is 13.0 Å². The standard InChI is InChI=1S/C18H24N2O2S/c1-13-10-17(14(2)20(13)3)12-19-23(21,22)18-9-8-15-6-4-5-7-16(15)11-18/h8-11,19H,4-7,12H2,1-3H3. The Kier molecular flexibility index (Phi) is 4.34. The Labute approximate surface area is 138 Å². The zero-order valence-electron chi connectivity index (χ0n) is 14.0. The second kappa shape index (κ2) is 6.13. The summed E-state index contributed by atoms with van der Waals surface area (Å²) in [5, 5.41) is 0. The van der Waals surface area contributed by atoms with E-state index in [9.17, 15) is 8.42 Å². The molecule has 1 aliphatic rings. The highest BCUT2D eigenvalue weighted by Crippen LogP contribution is 2.24. The second-order valence-corrected chi connectivity index (χ2v) is 8.18. The van der Waals surface area contributed by atoms with E-state index in [2.05, 4.69) is 9.29 Å². The first-order chi connectivity index (χ1) is 10.9. The van der Waals surface area contributed by atoms with Crippen molar-refractivity contribution in [3.05, 3.63) is 52.3 Å². The fourth-order valence-corrected chi connectivity index (χ4v) is 4.30. The average Bonchev–Trinajstić information content (AvgIpc) is 2.79. The Morgan fingerprint density at radius 1 is 1.09 bits per heavy atom. The van der Waals surface area contributed by atoms with Gasteiger partial charge in [0.2, 0.25) is 10.0 Å². The van der Waals surface area contributed by atoms with Crippen LogP contribution >= 0.6 is 0 Å². The topological polar surface area (TPSA) is 51.1 Å². The van der Waals surface area contributed by atoms with Gasteiger partial charge in [0.15, 0.2) is 0 Å².